The molecule has 0 aromatic carbocycles. The molecule has 2 N–H and O–H groups in total. The molecular weight excluding hydrogens is 234 g/mol. The van der Waals surface area contributed by atoms with Crippen molar-refractivity contribution in [3.05, 3.63) is 21.4 Å². The molecule has 0 aliphatic carbocycles. The summed E-state index contributed by atoms with van der Waals surface area (Å²) in [5, 5.41) is 11.7. The Labute approximate surface area is 107 Å². The van der Waals surface area contributed by atoms with E-state index >= 15 is 0 Å². The zero-order chi connectivity index (χ0) is 12.8. The van der Waals surface area contributed by atoms with E-state index in [1.54, 1.807) is 11.3 Å². The first-order valence-electron chi connectivity index (χ1n) is 6.09. The van der Waals surface area contributed by atoms with Crippen molar-refractivity contribution in [3.8, 4) is 0 Å². The molecule has 0 saturated carbocycles. The molecule has 0 spiro atoms. The predicted octanol–water partition coefficient (Wildman–Crippen LogP) is 2.51. The van der Waals surface area contributed by atoms with Gasteiger partial charge in [-0.05, 0) is 44.7 Å². The first-order valence-corrected chi connectivity index (χ1v) is 6.91. The SMILES string of the molecule is CCc1sc(C(=O)NC(C)CCCO)cc1C. The van der Waals surface area contributed by atoms with Crippen LogP contribution in [-0.2, 0) is 6.42 Å². The summed E-state index contributed by atoms with van der Waals surface area (Å²) in [4.78, 5) is 14.0. The van der Waals surface area contributed by atoms with Crippen LogP contribution in [0.25, 0.3) is 0 Å². The van der Waals surface area contributed by atoms with Gasteiger partial charge in [0.1, 0.15) is 0 Å². The number of aryl methyl sites for hydroxylation is 2. The number of aliphatic hydroxyl groups is 1. The van der Waals surface area contributed by atoms with Gasteiger partial charge in [0.05, 0.1) is 4.88 Å². The number of aliphatic hydroxyl groups excluding tert-OH is 1. The summed E-state index contributed by atoms with van der Waals surface area (Å²) in [6, 6.07) is 2.07. The third-order valence-electron chi connectivity index (χ3n) is 2.74. The molecule has 1 aromatic rings. The van der Waals surface area contributed by atoms with Gasteiger partial charge in [-0.3, -0.25) is 4.79 Å². The van der Waals surface area contributed by atoms with Crippen molar-refractivity contribution in [1.82, 2.24) is 5.32 Å². The predicted molar refractivity (Wildman–Crippen MR) is 71.7 cm³/mol. The summed E-state index contributed by atoms with van der Waals surface area (Å²) >= 11 is 1.57. The molecule has 0 saturated heterocycles. The second kappa shape index (κ2) is 6.77. The smallest absolute Gasteiger partial charge is 0.261 e. The normalized spacial score (nSPS) is 12.5. The fourth-order valence-electron chi connectivity index (χ4n) is 1.75. The number of rotatable bonds is 6. The van der Waals surface area contributed by atoms with E-state index in [-0.39, 0.29) is 18.6 Å². The Hall–Kier alpha value is -0.870. The second-order valence-corrected chi connectivity index (χ2v) is 5.45. The van der Waals surface area contributed by atoms with Crippen LogP contribution >= 0.6 is 11.3 Å². The number of amides is 1. The lowest BCUT2D eigenvalue weighted by atomic mass is 10.2. The van der Waals surface area contributed by atoms with Crippen LogP contribution in [0.1, 0.15) is 46.8 Å². The van der Waals surface area contributed by atoms with E-state index < -0.39 is 0 Å². The van der Waals surface area contributed by atoms with E-state index in [0.717, 1.165) is 24.1 Å². The molecule has 1 aromatic heterocycles. The van der Waals surface area contributed by atoms with Gasteiger partial charge in [0.2, 0.25) is 0 Å². The van der Waals surface area contributed by atoms with E-state index in [4.69, 9.17) is 5.11 Å². The van der Waals surface area contributed by atoms with E-state index in [0.29, 0.717) is 0 Å². The van der Waals surface area contributed by atoms with Crippen LogP contribution in [0.2, 0.25) is 0 Å². The summed E-state index contributed by atoms with van der Waals surface area (Å²) in [5.74, 6) is 0.00300. The number of nitrogens with one attached hydrogen (secondary N) is 1. The van der Waals surface area contributed by atoms with Gasteiger partial charge in [-0.2, -0.15) is 0 Å². The third-order valence-corrected chi connectivity index (χ3v) is 4.12. The first-order chi connectivity index (χ1) is 8.08. The Morgan fingerprint density at radius 3 is 2.82 bits per heavy atom. The Bertz CT molecular complexity index is 373. The zero-order valence-electron chi connectivity index (χ0n) is 10.7. The maximum atomic E-state index is 11.9. The lowest BCUT2D eigenvalue weighted by molar-refractivity contribution is 0.0940. The fraction of sp³-hybridized carbons (Fsp3) is 0.615. The van der Waals surface area contributed by atoms with Crippen molar-refractivity contribution in [2.24, 2.45) is 0 Å². The molecule has 17 heavy (non-hydrogen) atoms. The lowest BCUT2D eigenvalue weighted by Crippen LogP contribution is -2.32. The van der Waals surface area contributed by atoms with Gasteiger partial charge in [-0.15, -0.1) is 11.3 Å². The van der Waals surface area contributed by atoms with Gasteiger partial charge in [-0.1, -0.05) is 6.92 Å². The van der Waals surface area contributed by atoms with Crippen LogP contribution in [0.15, 0.2) is 6.07 Å². The molecule has 0 aliphatic heterocycles. The van der Waals surface area contributed by atoms with E-state index in [1.807, 2.05) is 19.9 Å². The maximum absolute atomic E-state index is 11.9. The molecule has 1 amide bonds. The van der Waals surface area contributed by atoms with Gasteiger partial charge in [-0.25, -0.2) is 0 Å². The maximum Gasteiger partial charge on any atom is 0.261 e. The van der Waals surface area contributed by atoms with Gasteiger partial charge in [0, 0.05) is 17.5 Å². The Morgan fingerprint density at radius 2 is 2.29 bits per heavy atom. The molecule has 3 nitrogen and oxygen atoms in total. The highest BCUT2D eigenvalue weighted by Crippen LogP contribution is 2.22. The first kappa shape index (κ1) is 14.2. The molecule has 1 rings (SSSR count). The molecule has 1 unspecified atom stereocenters. The summed E-state index contributed by atoms with van der Waals surface area (Å²) in [6.07, 6.45) is 2.52. The van der Waals surface area contributed by atoms with Crippen molar-refractivity contribution in [3.63, 3.8) is 0 Å². The average molecular weight is 255 g/mol. The number of carbonyl (C=O) groups is 1. The van der Waals surface area contributed by atoms with Crippen molar-refractivity contribution >= 4 is 17.2 Å². The molecule has 0 aliphatic rings. The standard InChI is InChI=1S/C13H21NO2S/c1-4-11-9(2)8-12(17-11)13(16)14-10(3)6-5-7-15/h8,10,15H,4-7H2,1-3H3,(H,14,16). The van der Waals surface area contributed by atoms with Gasteiger partial charge in [0.15, 0.2) is 0 Å². The Kier molecular flexibility index (Phi) is 5.65. The fourth-order valence-corrected chi connectivity index (χ4v) is 2.76. The second-order valence-electron chi connectivity index (χ2n) is 4.31. The monoisotopic (exact) mass is 255 g/mol. The number of thiophene rings is 1. The van der Waals surface area contributed by atoms with Crippen LogP contribution in [0, 0.1) is 6.92 Å². The molecule has 1 atom stereocenters. The quantitative estimate of drug-likeness (QED) is 0.820. The third kappa shape index (κ3) is 4.13. The van der Waals surface area contributed by atoms with Crippen LogP contribution < -0.4 is 5.32 Å². The van der Waals surface area contributed by atoms with Gasteiger partial charge < -0.3 is 10.4 Å². The zero-order valence-corrected chi connectivity index (χ0v) is 11.6. The minimum atomic E-state index is 0.00300. The van der Waals surface area contributed by atoms with Crippen molar-refractivity contribution in [2.45, 2.75) is 46.1 Å². The van der Waals surface area contributed by atoms with Crippen molar-refractivity contribution < 1.29 is 9.90 Å². The number of carbonyl (C=O) groups excluding carboxylic acids is 1. The topological polar surface area (TPSA) is 49.3 Å². The van der Waals surface area contributed by atoms with Crippen LogP contribution in [0.5, 0.6) is 0 Å². The average Bonchev–Trinajstić information content (AvgIpc) is 2.68. The van der Waals surface area contributed by atoms with Crippen LogP contribution in [0.4, 0.5) is 0 Å². The molecule has 0 bridgehead atoms. The van der Waals surface area contributed by atoms with Crippen LogP contribution in [0.3, 0.4) is 0 Å². The number of hydrogen-bond donors (Lipinski definition) is 2. The van der Waals surface area contributed by atoms with Crippen LogP contribution in [-0.4, -0.2) is 23.7 Å². The van der Waals surface area contributed by atoms with Gasteiger partial charge >= 0.3 is 0 Å². The highest BCUT2D eigenvalue weighted by Gasteiger charge is 2.13. The van der Waals surface area contributed by atoms with E-state index in [2.05, 4.69) is 12.2 Å². The molecule has 1 heterocycles. The van der Waals surface area contributed by atoms with Gasteiger partial charge in [0.25, 0.3) is 5.91 Å². The lowest BCUT2D eigenvalue weighted by Gasteiger charge is -2.11. The summed E-state index contributed by atoms with van der Waals surface area (Å²) < 4.78 is 0. The molecule has 0 fully saturated rings. The summed E-state index contributed by atoms with van der Waals surface area (Å²) in [5.41, 5.74) is 1.20. The minimum absolute atomic E-state index is 0.00300. The molecule has 4 heteroatoms. The summed E-state index contributed by atoms with van der Waals surface area (Å²) in [6.45, 7) is 6.29. The molecule has 0 radical (unpaired) electrons. The highest BCUT2D eigenvalue weighted by atomic mass is 32.1. The van der Waals surface area contributed by atoms with E-state index in [1.165, 1.54) is 10.4 Å². The molecular formula is C13H21NO2S. The van der Waals surface area contributed by atoms with Crippen molar-refractivity contribution in [1.29, 1.82) is 0 Å². The summed E-state index contributed by atoms with van der Waals surface area (Å²) in [7, 11) is 0. The Morgan fingerprint density at radius 1 is 1.59 bits per heavy atom. The van der Waals surface area contributed by atoms with E-state index in [9.17, 15) is 4.79 Å². The number of hydrogen-bond acceptors (Lipinski definition) is 3. The minimum Gasteiger partial charge on any atom is -0.396 e. The molecule has 96 valence electrons. The van der Waals surface area contributed by atoms with Crippen molar-refractivity contribution in [2.75, 3.05) is 6.61 Å². The largest absolute Gasteiger partial charge is 0.396 e. The highest BCUT2D eigenvalue weighted by molar-refractivity contribution is 7.14. The Balaban J connectivity index is 2.57.